The van der Waals surface area contributed by atoms with Gasteiger partial charge in [-0.15, -0.1) is 0 Å². The molecule has 0 unspecified atom stereocenters. The third kappa shape index (κ3) is 4.16. The molecule has 0 bridgehead atoms. The maximum absolute atomic E-state index is 13.1. The Morgan fingerprint density at radius 2 is 1.94 bits per heavy atom. The van der Waals surface area contributed by atoms with E-state index in [0.717, 1.165) is 13.0 Å². The van der Waals surface area contributed by atoms with E-state index >= 15 is 0 Å². The van der Waals surface area contributed by atoms with E-state index in [1.807, 2.05) is 6.92 Å². The first-order valence-electron chi connectivity index (χ1n) is 5.11. The molecule has 0 aliphatic carbocycles. The maximum Gasteiger partial charge on any atom is 0.160 e. The summed E-state index contributed by atoms with van der Waals surface area (Å²) in [6.45, 7) is 4.10. The molecule has 1 N–H and O–H groups in total. The summed E-state index contributed by atoms with van der Waals surface area (Å²) in [7, 11) is 0. The predicted molar refractivity (Wildman–Crippen MR) is 66.0 cm³/mol. The first-order chi connectivity index (χ1) is 7.65. The van der Waals surface area contributed by atoms with E-state index in [9.17, 15) is 4.39 Å². The van der Waals surface area contributed by atoms with Crippen molar-refractivity contribution in [1.29, 1.82) is 0 Å². The van der Waals surface area contributed by atoms with Crippen molar-refractivity contribution < 1.29 is 9.13 Å². The minimum atomic E-state index is -0.580. The molecule has 0 aliphatic heterocycles. The van der Waals surface area contributed by atoms with E-state index < -0.39 is 5.82 Å². The average Bonchev–Trinajstić information content (AvgIpc) is 2.25. The number of nitrogens with one attached hydrogen (secondary N) is 1. The van der Waals surface area contributed by atoms with Crippen LogP contribution in [-0.2, 0) is 4.74 Å². The fraction of sp³-hybridized carbons (Fsp3) is 0.455. The highest BCUT2D eigenvalue weighted by Crippen LogP contribution is 2.27. The van der Waals surface area contributed by atoms with Crippen LogP contribution >= 0.6 is 23.2 Å². The monoisotopic (exact) mass is 265 g/mol. The summed E-state index contributed by atoms with van der Waals surface area (Å²) < 4.78 is 18.3. The molecule has 0 saturated carbocycles. The van der Waals surface area contributed by atoms with Gasteiger partial charge in [-0.1, -0.05) is 23.2 Å². The van der Waals surface area contributed by atoms with Crippen LogP contribution in [0.25, 0.3) is 0 Å². The third-order valence-electron chi connectivity index (χ3n) is 1.98. The maximum atomic E-state index is 13.1. The highest BCUT2D eigenvalue weighted by molar-refractivity contribution is 6.35. The third-order valence-corrected chi connectivity index (χ3v) is 2.53. The molecule has 0 aliphatic rings. The molecule has 0 heterocycles. The average molecular weight is 266 g/mol. The second kappa shape index (κ2) is 6.94. The van der Waals surface area contributed by atoms with E-state index in [4.69, 9.17) is 27.9 Å². The molecule has 1 aromatic rings. The van der Waals surface area contributed by atoms with Crippen LogP contribution in [0.2, 0.25) is 10.0 Å². The normalized spacial score (nSPS) is 10.5. The first-order valence-corrected chi connectivity index (χ1v) is 5.87. The highest BCUT2D eigenvalue weighted by Gasteiger charge is 2.06. The van der Waals surface area contributed by atoms with Crippen LogP contribution in [0.15, 0.2) is 12.1 Å². The van der Waals surface area contributed by atoms with E-state index in [-0.39, 0.29) is 10.0 Å². The molecule has 0 atom stereocenters. The lowest BCUT2D eigenvalue weighted by atomic mass is 10.3. The topological polar surface area (TPSA) is 21.3 Å². The van der Waals surface area contributed by atoms with Crippen molar-refractivity contribution in [1.82, 2.24) is 0 Å². The largest absolute Gasteiger partial charge is 0.385 e. The first kappa shape index (κ1) is 13.6. The zero-order chi connectivity index (χ0) is 12.0. The van der Waals surface area contributed by atoms with Gasteiger partial charge in [0, 0.05) is 25.4 Å². The number of halogens is 3. The molecule has 90 valence electrons. The molecule has 0 spiro atoms. The minimum absolute atomic E-state index is 0.0276. The Kier molecular flexibility index (Phi) is 5.88. The van der Waals surface area contributed by atoms with Crippen molar-refractivity contribution >= 4 is 28.9 Å². The zero-order valence-corrected chi connectivity index (χ0v) is 10.5. The number of anilines is 1. The van der Waals surface area contributed by atoms with Gasteiger partial charge in [-0.25, -0.2) is 4.39 Å². The van der Waals surface area contributed by atoms with Crippen LogP contribution in [-0.4, -0.2) is 19.8 Å². The van der Waals surface area contributed by atoms with Gasteiger partial charge in [0.1, 0.15) is 0 Å². The van der Waals surface area contributed by atoms with Crippen molar-refractivity contribution in [3.8, 4) is 0 Å². The summed E-state index contributed by atoms with van der Waals surface area (Å²) >= 11 is 11.3. The second-order valence-electron chi connectivity index (χ2n) is 3.23. The molecule has 0 fully saturated rings. The molecule has 1 rings (SSSR count). The highest BCUT2D eigenvalue weighted by atomic mass is 35.5. The molecular formula is C11H14Cl2FNO. The molecule has 0 amide bonds. The predicted octanol–water partition coefficient (Wildman–Crippen LogP) is 3.97. The van der Waals surface area contributed by atoms with E-state index in [1.54, 1.807) is 0 Å². The van der Waals surface area contributed by atoms with Gasteiger partial charge in [0.2, 0.25) is 0 Å². The summed E-state index contributed by atoms with van der Waals surface area (Å²) in [5.74, 6) is -0.580. The lowest BCUT2D eigenvalue weighted by molar-refractivity contribution is 0.147. The Labute approximate surface area is 105 Å². The van der Waals surface area contributed by atoms with E-state index in [1.165, 1.54) is 12.1 Å². The number of ether oxygens (including phenoxy) is 1. The molecule has 2 nitrogen and oxygen atoms in total. The van der Waals surface area contributed by atoms with Crippen LogP contribution < -0.4 is 5.32 Å². The Balaban J connectivity index is 2.43. The fourth-order valence-electron chi connectivity index (χ4n) is 1.21. The van der Waals surface area contributed by atoms with Crippen molar-refractivity contribution in [3.05, 3.63) is 28.0 Å². The molecule has 0 radical (unpaired) electrons. The summed E-state index contributed by atoms with van der Waals surface area (Å²) in [6, 6.07) is 3.03. The van der Waals surface area contributed by atoms with Gasteiger partial charge in [-0.05, 0) is 25.5 Å². The van der Waals surface area contributed by atoms with Gasteiger partial charge < -0.3 is 10.1 Å². The van der Waals surface area contributed by atoms with Gasteiger partial charge >= 0.3 is 0 Å². The van der Waals surface area contributed by atoms with Crippen LogP contribution in [0.1, 0.15) is 13.3 Å². The Morgan fingerprint density at radius 3 is 2.50 bits per heavy atom. The summed E-state index contributed by atoms with van der Waals surface area (Å²) in [4.78, 5) is 0. The van der Waals surface area contributed by atoms with Crippen molar-refractivity contribution in [2.75, 3.05) is 25.1 Å². The van der Waals surface area contributed by atoms with Gasteiger partial charge in [-0.2, -0.15) is 0 Å². The quantitative estimate of drug-likeness (QED) is 0.621. The number of benzene rings is 1. The van der Waals surface area contributed by atoms with E-state index in [0.29, 0.717) is 18.9 Å². The molecule has 1 aromatic carbocycles. The van der Waals surface area contributed by atoms with Gasteiger partial charge in [0.15, 0.2) is 5.82 Å². The summed E-state index contributed by atoms with van der Waals surface area (Å²) in [5, 5.41) is 3.15. The minimum Gasteiger partial charge on any atom is -0.385 e. The lowest BCUT2D eigenvalue weighted by Gasteiger charge is -2.08. The second-order valence-corrected chi connectivity index (χ2v) is 4.05. The number of hydrogen-bond acceptors (Lipinski definition) is 2. The molecular weight excluding hydrogens is 252 g/mol. The van der Waals surface area contributed by atoms with Crippen molar-refractivity contribution in [2.45, 2.75) is 13.3 Å². The van der Waals surface area contributed by atoms with Gasteiger partial charge in [0.05, 0.1) is 10.0 Å². The van der Waals surface area contributed by atoms with Crippen LogP contribution in [0.5, 0.6) is 0 Å². The van der Waals surface area contributed by atoms with Crippen molar-refractivity contribution in [3.63, 3.8) is 0 Å². The van der Waals surface area contributed by atoms with Gasteiger partial charge in [0.25, 0.3) is 0 Å². The zero-order valence-electron chi connectivity index (χ0n) is 9.03. The lowest BCUT2D eigenvalue weighted by Crippen LogP contribution is -2.05. The molecule has 0 saturated heterocycles. The van der Waals surface area contributed by atoms with Crippen LogP contribution in [0.3, 0.4) is 0 Å². The molecule has 16 heavy (non-hydrogen) atoms. The number of hydrogen-bond donors (Lipinski definition) is 1. The fourth-order valence-corrected chi connectivity index (χ4v) is 1.70. The smallest absolute Gasteiger partial charge is 0.160 e. The number of rotatable bonds is 6. The Morgan fingerprint density at radius 1 is 1.31 bits per heavy atom. The molecule has 5 heteroatoms. The SMILES string of the molecule is CCOCCCNc1cc(Cl)c(F)c(Cl)c1. The van der Waals surface area contributed by atoms with Crippen LogP contribution in [0, 0.1) is 5.82 Å². The Hall–Kier alpha value is -0.510. The Bertz CT molecular complexity index is 324. The van der Waals surface area contributed by atoms with E-state index in [2.05, 4.69) is 5.32 Å². The van der Waals surface area contributed by atoms with Gasteiger partial charge in [-0.3, -0.25) is 0 Å². The summed E-state index contributed by atoms with van der Waals surface area (Å²) in [5.41, 5.74) is 0.716. The van der Waals surface area contributed by atoms with Crippen molar-refractivity contribution in [2.24, 2.45) is 0 Å². The molecule has 0 aromatic heterocycles. The van der Waals surface area contributed by atoms with Crippen LogP contribution in [0.4, 0.5) is 10.1 Å². The summed E-state index contributed by atoms with van der Waals surface area (Å²) in [6.07, 6.45) is 0.875. The standard InChI is InChI=1S/C11H14Cl2FNO/c1-2-16-5-3-4-15-8-6-9(12)11(14)10(13)7-8/h6-7,15H,2-5H2,1H3.